The molecule has 0 fully saturated rings. The summed E-state index contributed by atoms with van der Waals surface area (Å²) in [5, 5.41) is 6.31. The quantitative estimate of drug-likeness (QED) is 0.855. The fourth-order valence-corrected chi connectivity index (χ4v) is 1.65. The SMILES string of the molecule is O=C1CCC(C(=O)Nc2ncccc2Br)=NN1. The lowest BCUT2D eigenvalue weighted by molar-refractivity contribution is -0.121. The molecule has 0 radical (unpaired) electrons. The highest BCUT2D eigenvalue weighted by molar-refractivity contribution is 9.10. The number of pyridine rings is 1. The van der Waals surface area contributed by atoms with Crippen LogP contribution in [0.2, 0.25) is 0 Å². The van der Waals surface area contributed by atoms with Gasteiger partial charge in [0.15, 0.2) is 0 Å². The Balaban J connectivity index is 2.07. The molecule has 2 rings (SSSR count). The Morgan fingerprint density at radius 2 is 2.29 bits per heavy atom. The molecule has 2 N–H and O–H groups in total. The molecule has 1 aromatic heterocycles. The van der Waals surface area contributed by atoms with Gasteiger partial charge >= 0.3 is 0 Å². The van der Waals surface area contributed by atoms with Crippen LogP contribution in [0.1, 0.15) is 12.8 Å². The van der Waals surface area contributed by atoms with Crippen LogP contribution in [0.3, 0.4) is 0 Å². The molecule has 6 nitrogen and oxygen atoms in total. The molecule has 7 heteroatoms. The van der Waals surface area contributed by atoms with E-state index >= 15 is 0 Å². The number of nitrogens with one attached hydrogen (secondary N) is 2. The molecule has 0 saturated heterocycles. The van der Waals surface area contributed by atoms with Gasteiger partial charge in [-0.1, -0.05) is 0 Å². The third-order valence-electron chi connectivity index (χ3n) is 2.16. The summed E-state index contributed by atoms with van der Waals surface area (Å²) in [6.45, 7) is 0. The van der Waals surface area contributed by atoms with Crippen LogP contribution in [0.4, 0.5) is 5.82 Å². The number of carbonyl (C=O) groups is 2. The molecule has 0 aromatic carbocycles. The Morgan fingerprint density at radius 1 is 1.47 bits per heavy atom. The molecular formula is C10H9BrN4O2. The Kier molecular flexibility index (Phi) is 3.48. The number of carbonyl (C=O) groups excluding carboxylic acids is 2. The van der Waals surface area contributed by atoms with E-state index in [-0.39, 0.29) is 18.2 Å². The molecule has 0 unspecified atom stereocenters. The van der Waals surface area contributed by atoms with Crippen molar-refractivity contribution in [1.29, 1.82) is 0 Å². The van der Waals surface area contributed by atoms with Gasteiger partial charge in [-0.05, 0) is 28.1 Å². The van der Waals surface area contributed by atoms with Crippen molar-refractivity contribution in [2.24, 2.45) is 5.10 Å². The van der Waals surface area contributed by atoms with Gasteiger partial charge in [0, 0.05) is 19.0 Å². The zero-order valence-electron chi connectivity index (χ0n) is 8.74. The number of amides is 2. The fourth-order valence-electron chi connectivity index (χ4n) is 1.30. The van der Waals surface area contributed by atoms with E-state index in [2.05, 4.69) is 36.8 Å². The first-order valence-electron chi connectivity index (χ1n) is 4.94. The van der Waals surface area contributed by atoms with Gasteiger partial charge in [-0.25, -0.2) is 10.4 Å². The lowest BCUT2D eigenvalue weighted by Crippen LogP contribution is -2.33. The van der Waals surface area contributed by atoms with Crippen LogP contribution in [0.5, 0.6) is 0 Å². The van der Waals surface area contributed by atoms with Gasteiger partial charge in [0.25, 0.3) is 5.91 Å². The maximum absolute atomic E-state index is 11.8. The molecule has 17 heavy (non-hydrogen) atoms. The van der Waals surface area contributed by atoms with E-state index in [1.54, 1.807) is 18.3 Å². The van der Waals surface area contributed by atoms with Crippen molar-refractivity contribution in [1.82, 2.24) is 10.4 Å². The predicted octanol–water partition coefficient (Wildman–Crippen LogP) is 1.05. The van der Waals surface area contributed by atoms with E-state index in [1.165, 1.54) is 0 Å². The number of hydrogen-bond donors (Lipinski definition) is 2. The van der Waals surface area contributed by atoms with Gasteiger partial charge in [0.05, 0.1) is 4.47 Å². The zero-order chi connectivity index (χ0) is 12.3. The smallest absolute Gasteiger partial charge is 0.273 e. The highest BCUT2D eigenvalue weighted by Gasteiger charge is 2.19. The Labute approximate surface area is 106 Å². The Bertz CT molecular complexity index is 501. The molecule has 2 heterocycles. The van der Waals surface area contributed by atoms with Crippen molar-refractivity contribution in [3.05, 3.63) is 22.8 Å². The summed E-state index contributed by atoms with van der Waals surface area (Å²) < 4.78 is 0.689. The van der Waals surface area contributed by atoms with E-state index in [9.17, 15) is 9.59 Å². The second-order valence-corrected chi connectivity index (χ2v) is 4.24. The minimum atomic E-state index is -0.357. The van der Waals surface area contributed by atoms with Gasteiger partial charge in [-0.15, -0.1) is 0 Å². The Morgan fingerprint density at radius 3 is 2.94 bits per heavy atom. The number of nitrogens with zero attached hydrogens (tertiary/aromatic N) is 2. The lowest BCUT2D eigenvalue weighted by Gasteiger charge is -2.11. The van der Waals surface area contributed by atoms with Crippen LogP contribution in [0, 0.1) is 0 Å². The minimum Gasteiger partial charge on any atom is -0.305 e. The first kappa shape index (κ1) is 11.7. The predicted molar refractivity (Wildman–Crippen MR) is 65.4 cm³/mol. The maximum atomic E-state index is 11.8. The van der Waals surface area contributed by atoms with E-state index in [0.717, 1.165) is 0 Å². The molecule has 1 aliphatic rings. The van der Waals surface area contributed by atoms with Crippen LogP contribution < -0.4 is 10.7 Å². The van der Waals surface area contributed by atoms with Crippen LogP contribution in [-0.4, -0.2) is 22.5 Å². The van der Waals surface area contributed by atoms with E-state index in [4.69, 9.17) is 0 Å². The average molecular weight is 297 g/mol. The average Bonchev–Trinajstić information content (AvgIpc) is 2.33. The summed E-state index contributed by atoms with van der Waals surface area (Å²) >= 11 is 3.27. The summed E-state index contributed by atoms with van der Waals surface area (Å²) in [6.07, 6.45) is 2.18. The second-order valence-electron chi connectivity index (χ2n) is 3.38. The molecule has 88 valence electrons. The summed E-state index contributed by atoms with van der Waals surface area (Å²) in [6, 6.07) is 3.52. The summed E-state index contributed by atoms with van der Waals surface area (Å²) in [5.74, 6) is -0.109. The highest BCUT2D eigenvalue weighted by atomic mass is 79.9. The van der Waals surface area contributed by atoms with Gasteiger partial charge in [-0.3, -0.25) is 9.59 Å². The monoisotopic (exact) mass is 296 g/mol. The van der Waals surface area contributed by atoms with E-state index in [0.29, 0.717) is 22.4 Å². The van der Waals surface area contributed by atoms with Crippen LogP contribution in [-0.2, 0) is 9.59 Å². The summed E-state index contributed by atoms with van der Waals surface area (Å²) in [7, 11) is 0. The van der Waals surface area contributed by atoms with Crippen molar-refractivity contribution in [3.63, 3.8) is 0 Å². The largest absolute Gasteiger partial charge is 0.305 e. The van der Waals surface area contributed by atoms with Crippen LogP contribution in [0.25, 0.3) is 0 Å². The first-order valence-corrected chi connectivity index (χ1v) is 5.73. The van der Waals surface area contributed by atoms with Gasteiger partial charge in [-0.2, -0.15) is 5.10 Å². The van der Waals surface area contributed by atoms with Crippen LogP contribution in [0.15, 0.2) is 27.9 Å². The Hall–Kier alpha value is -1.76. The summed E-state index contributed by atoms with van der Waals surface area (Å²) in [5.41, 5.74) is 2.56. The molecular weight excluding hydrogens is 288 g/mol. The van der Waals surface area contributed by atoms with Crippen molar-refractivity contribution in [3.8, 4) is 0 Å². The number of hydrogen-bond acceptors (Lipinski definition) is 4. The first-order chi connectivity index (χ1) is 8.16. The molecule has 0 aliphatic carbocycles. The summed E-state index contributed by atoms with van der Waals surface area (Å²) in [4.78, 5) is 26.7. The highest BCUT2D eigenvalue weighted by Crippen LogP contribution is 2.18. The lowest BCUT2D eigenvalue weighted by atomic mass is 10.1. The number of anilines is 1. The van der Waals surface area contributed by atoms with Gasteiger partial charge in [0.2, 0.25) is 5.91 Å². The molecule has 2 amide bonds. The van der Waals surface area contributed by atoms with E-state index < -0.39 is 0 Å². The van der Waals surface area contributed by atoms with Gasteiger partial charge in [0.1, 0.15) is 11.5 Å². The van der Waals surface area contributed by atoms with Crippen molar-refractivity contribution in [2.75, 3.05) is 5.32 Å². The molecule has 1 aromatic rings. The van der Waals surface area contributed by atoms with Crippen molar-refractivity contribution < 1.29 is 9.59 Å². The molecule has 0 bridgehead atoms. The second kappa shape index (κ2) is 5.05. The number of aromatic nitrogens is 1. The van der Waals surface area contributed by atoms with Gasteiger partial charge < -0.3 is 5.32 Å². The molecule has 0 saturated carbocycles. The normalized spacial score (nSPS) is 14.9. The fraction of sp³-hybridized carbons (Fsp3) is 0.200. The maximum Gasteiger partial charge on any atom is 0.273 e. The van der Waals surface area contributed by atoms with Crippen LogP contribution >= 0.6 is 15.9 Å². The van der Waals surface area contributed by atoms with Crippen molar-refractivity contribution in [2.45, 2.75) is 12.8 Å². The molecule has 0 atom stereocenters. The topological polar surface area (TPSA) is 83.5 Å². The van der Waals surface area contributed by atoms with Crippen molar-refractivity contribution >= 4 is 39.3 Å². The minimum absolute atomic E-state index is 0.180. The standard InChI is InChI=1S/C10H9BrN4O2/c11-6-2-1-5-12-9(6)13-10(17)7-3-4-8(16)15-14-7/h1-2,5H,3-4H2,(H,15,16)(H,12,13,17). The number of rotatable bonds is 2. The number of halogens is 1. The number of hydrazone groups is 1. The molecule has 0 spiro atoms. The zero-order valence-corrected chi connectivity index (χ0v) is 10.3. The third kappa shape index (κ3) is 2.88. The van der Waals surface area contributed by atoms with E-state index in [1.807, 2.05) is 0 Å². The third-order valence-corrected chi connectivity index (χ3v) is 2.80. The molecule has 1 aliphatic heterocycles.